The second-order valence-corrected chi connectivity index (χ2v) is 2.83. The van der Waals surface area contributed by atoms with Gasteiger partial charge in [0.2, 0.25) is 0 Å². The first-order chi connectivity index (χ1) is 5.33. The van der Waals surface area contributed by atoms with Gasteiger partial charge in [0.25, 0.3) is 0 Å². The number of aromatic nitrogens is 1. The zero-order chi connectivity index (χ0) is 8.27. The number of aromatic amines is 1. The third-order valence-corrected chi connectivity index (χ3v) is 2.26. The van der Waals surface area contributed by atoms with Gasteiger partial charge in [0.15, 0.2) is 0 Å². The molecule has 0 amide bonds. The highest BCUT2D eigenvalue weighted by Crippen LogP contribution is 2.15. The standard InChI is InChI=1S/C10H17N/c1-4-8-7-11-10(6-3)9(8)5-2/h7,11H,4-6H2,1-3H3. The molecule has 0 aromatic carbocycles. The van der Waals surface area contributed by atoms with Gasteiger partial charge in [-0.2, -0.15) is 0 Å². The molecule has 0 spiro atoms. The van der Waals surface area contributed by atoms with Crippen LogP contribution in [0.1, 0.15) is 37.6 Å². The molecule has 0 saturated carbocycles. The lowest BCUT2D eigenvalue weighted by Crippen LogP contribution is -1.90. The molecule has 0 radical (unpaired) electrons. The Morgan fingerprint density at radius 2 is 1.82 bits per heavy atom. The van der Waals surface area contributed by atoms with Gasteiger partial charge in [-0.25, -0.2) is 0 Å². The molecule has 1 aromatic rings. The van der Waals surface area contributed by atoms with E-state index in [4.69, 9.17) is 0 Å². The fraction of sp³-hybridized carbons (Fsp3) is 0.600. The maximum Gasteiger partial charge on any atom is 0.0179 e. The summed E-state index contributed by atoms with van der Waals surface area (Å²) in [4.78, 5) is 3.33. The molecule has 1 nitrogen and oxygen atoms in total. The molecule has 1 heterocycles. The number of H-pyrrole nitrogens is 1. The third-order valence-electron chi connectivity index (χ3n) is 2.26. The Morgan fingerprint density at radius 3 is 2.27 bits per heavy atom. The van der Waals surface area contributed by atoms with Crippen molar-refractivity contribution in [1.82, 2.24) is 4.98 Å². The van der Waals surface area contributed by atoms with Crippen molar-refractivity contribution in [3.63, 3.8) is 0 Å². The molecule has 0 saturated heterocycles. The predicted octanol–water partition coefficient (Wildman–Crippen LogP) is 2.70. The SMILES string of the molecule is CCc1c[nH]c(CC)c1CC. The molecule has 11 heavy (non-hydrogen) atoms. The van der Waals surface area contributed by atoms with Crippen LogP contribution >= 0.6 is 0 Å². The molecule has 62 valence electrons. The van der Waals surface area contributed by atoms with Crippen LogP contribution in [0.5, 0.6) is 0 Å². The summed E-state index contributed by atoms with van der Waals surface area (Å²) in [6.07, 6.45) is 5.59. The topological polar surface area (TPSA) is 15.8 Å². The largest absolute Gasteiger partial charge is 0.364 e. The molecule has 1 N–H and O–H groups in total. The number of hydrogen-bond acceptors (Lipinski definition) is 0. The maximum absolute atomic E-state index is 3.33. The summed E-state index contributed by atoms with van der Waals surface area (Å²) in [6, 6.07) is 0. The normalized spacial score (nSPS) is 10.5. The van der Waals surface area contributed by atoms with Gasteiger partial charge >= 0.3 is 0 Å². The highest BCUT2D eigenvalue weighted by atomic mass is 14.7. The molecule has 1 aromatic heterocycles. The van der Waals surface area contributed by atoms with E-state index in [0.717, 1.165) is 19.3 Å². The van der Waals surface area contributed by atoms with Crippen LogP contribution in [-0.4, -0.2) is 4.98 Å². The Bertz CT molecular complexity index is 201. The summed E-state index contributed by atoms with van der Waals surface area (Å²) >= 11 is 0. The molecule has 1 rings (SSSR count). The number of rotatable bonds is 3. The Balaban J connectivity index is 2.99. The predicted molar refractivity (Wildman–Crippen MR) is 48.9 cm³/mol. The van der Waals surface area contributed by atoms with Crippen LogP contribution in [0.15, 0.2) is 6.20 Å². The summed E-state index contributed by atoms with van der Waals surface area (Å²) in [5.41, 5.74) is 4.45. The molecule has 0 unspecified atom stereocenters. The van der Waals surface area contributed by atoms with Crippen LogP contribution in [0, 0.1) is 0 Å². The molecule has 0 aliphatic carbocycles. The lowest BCUT2D eigenvalue weighted by molar-refractivity contribution is 0.985. The van der Waals surface area contributed by atoms with Gasteiger partial charge < -0.3 is 4.98 Å². The minimum atomic E-state index is 1.13. The highest BCUT2D eigenvalue weighted by Gasteiger charge is 2.04. The van der Waals surface area contributed by atoms with E-state index in [0.29, 0.717) is 0 Å². The van der Waals surface area contributed by atoms with E-state index in [2.05, 4.69) is 32.0 Å². The van der Waals surface area contributed by atoms with Crippen molar-refractivity contribution in [3.8, 4) is 0 Å². The Hall–Kier alpha value is -0.720. The Labute approximate surface area is 68.8 Å². The third kappa shape index (κ3) is 1.47. The summed E-state index contributed by atoms with van der Waals surface area (Å²) in [5, 5.41) is 0. The van der Waals surface area contributed by atoms with Crippen LogP contribution in [0.4, 0.5) is 0 Å². The van der Waals surface area contributed by atoms with E-state index in [-0.39, 0.29) is 0 Å². The fourth-order valence-corrected chi connectivity index (χ4v) is 1.61. The van der Waals surface area contributed by atoms with Crippen molar-refractivity contribution >= 4 is 0 Å². The van der Waals surface area contributed by atoms with Crippen molar-refractivity contribution in [1.29, 1.82) is 0 Å². The summed E-state index contributed by atoms with van der Waals surface area (Å²) in [5.74, 6) is 0. The minimum Gasteiger partial charge on any atom is -0.364 e. The van der Waals surface area contributed by atoms with E-state index in [1.807, 2.05) is 0 Å². The second kappa shape index (κ2) is 3.61. The summed E-state index contributed by atoms with van der Waals surface area (Å²) in [7, 11) is 0. The average molecular weight is 151 g/mol. The fourth-order valence-electron chi connectivity index (χ4n) is 1.61. The van der Waals surface area contributed by atoms with Crippen LogP contribution in [-0.2, 0) is 19.3 Å². The minimum absolute atomic E-state index is 1.13. The van der Waals surface area contributed by atoms with E-state index < -0.39 is 0 Å². The lowest BCUT2D eigenvalue weighted by Gasteiger charge is -1.99. The molecule has 0 atom stereocenters. The van der Waals surface area contributed by atoms with Gasteiger partial charge in [-0.3, -0.25) is 0 Å². The lowest BCUT2D eigenvalue weighted by atomic mass is 10.1. The van der Waals surface area contributed by atoms with E-state index in [9.17, 15) is 0 Å². The van der Waals surface area contributed by atoms with Crippen molar-refractivity contribution < 1.29 is 0 Å². The smallest absolute Gasteiger partial charge is 0.0179 e. The van der Waals surface area contributed by atoms with Crippen LogP contribution in [0.25, 0.3) is 0 Å². The second-order valence-electron chi connectivity index (χ2n) is 2.83. The summed E-state index contributed by atoms with van der Waals surface area (Å²) in [6.45, 7) is 6.63. The van der Waals surface area contributed by atoms with E-state index in [1.165, 1.54) is 16.8 Å². The van der Waals surface area contributed by atoms with Gasteiger partial charge in [-0.1, -0.05) is 20.8 Å². The monoisotopic (exact) mass is 151 g/mol. The maximum atomic E-state index is 3.33. The van der Waals surface area contributed by atoms with Gasteiger partial charge in [-0.15, -0.1) is 0 Å². The Kier molecular flexibility index (Phi) is 2.75. The van der Waals surface area contributed by atoms with E-state index >= 15 is 0 Å². The van der Waals surface area contributed by atoms with Crippen molar-refractivity contribution in [2.24, 2.45) is 0 Å². The molecule has 1 heteroatoms. The molecule has 0 aliphatic rings. The number of hydrogen-bond donors (Lipinski definition) is 1. The molecule has 0 bridgehead atoms. The van der Waals surface area contributed by atoms with Gasteiger partial charge in [0.05, 0.1) is 0 Å². The van der Waals surface area contributed by atoms with Crippen molar-refractivity contribution in [3.05, 3.63) is 23.0 Å². The highest BCUT2D eigenvalue weighted by molar-refractivity contribution is 5.30. The summed E-state index contributed by atoms with van der Waals surface area (Å²) < 4.78 is 0. The van der Waals surface area contributed by atoms with Crippen molar-refractivity contribution in [2.75, 3.05) is 0 Å². The molecule has 0 fully saturated rings. The zero-order valence-corrected chi connectivity index (χ0v) is 7.70. The average Bonchev–Trinajstić information content (AvgIpc) is 2.45. The Morgan fingerprint density at radius 1 is 1.09 bits per heavy atom. The first kappa shape index (κ1) is 8.38. The quantitative estimate of drug-likeness (QED) is 0.683. The first-order valence-electron chi connectivity index (χ1n) is 4.51. The van der Waals surface area contributed by atoms with Crippen LogP contribution < -0.4 is 0 Å². The van der Waals surface area contributed by atoms with Crippen LogP contribution in [0.3, 0.4) is 0 Å². The van der Waals surface area contributed by atoms with Crippen molar-refractivity contribution in [2.45, 2.75) is 40.0 Å². The molecular formula is C10H17N. The molecular weight excluding hydrogens is 134 g/mol. The number of nitrogens with one attached hydrogen (secondary N) is 1. The van der Waals surface area contributed by atoms with Gasteiger partial charge in [-0.05, 0) is 30.4 Å². The van der Waals surface area contributed by atoms with Crippen LogP contribution in [0.2, 0.25) is 0 Å². The zero-order valence-electron chi connectivity index (χ0n) is 7.70. The van der Waals surface area contributed by atoms with Gasteiger partial charge in [0.1, 0.15) is 0 Å². The number of aryl methyl sites for hydroxylation is 2. The molecule has 0 aliphatic heterocycles. The van der Waals surface area contributed by atoms with E-state index in [1.54, 1.807) is 0 Å². The first-order valence-corrected chi connectivity index (χ1v) is 4.51. The van der Waals surface area contributed by atoms with Gasteiger partial charge in [0, 0.05) is 11.9 Å².